The molecule has 7 heteroatoms. The summed E-state index contributed by atoms with van der Waals surface area (Å²) < 4.78 is 1.31. The van der Waals surface area contributed by atoms with E-state index >= 15 is 0 Å². The molecule has 0 bridgehead atoms. The van der Waals surface area contributed by atoms with E-state index in [1.807, 2.05) is 17.5 Å². The van der Waals surface area contributed by atoms with Gasteiger partial charge in [-0.2, -0.15) is 0 Å². The first-order valence-corrected chi connectivity index (χ1v) is 8.54. The zero-order chi connectivity index (χ0) is 16.2. The first-order valence-electron chi connectivity index (χ1n) is 7.66. The van der Waals surface area contributed by atoms with Crippen molar-refractivity contribution >= 4 is 17.2 Å². The van der Waals surface area contributed by atoms with Gasteiger partial charge in [-0.1, -0.05) is 6.07 Å². The number of aliphatic hydroxyl groups excluding tert-OH is 1. The van der Waals surface area contributed by atoms with Crippen LogP contribution in [0.15, 0.2) is 40.8 Å². The van der Waals surface area contributed by atoms with Crippen LogP contribution in [0.25, 0.3) is 0 Å². The van der Waals surface area contributed by atoms with Crippen LogP contribution in [0.5, 0.6) is 0 Å². The number of hydrogen-bond donors (Lipinski definition) is 1. The minimum atomic E-state index is -0.451. The smallest absolute Gasteiger partial charge is 0.347 e. The molecule has 1 N–H and O–H groups in total. The van der Waals surface area contributed by atoms with Crippen molar-refractivity contribution in [2.24, 2.45) is 5.92 Å². The Hall–Kier alpha value is -1.99. The summed E-state index contributed by atoms with van der Waals surface area (Å²) in [6.07, 6.45) is 4.08. The number of aromatic nitrogens is 2. The van der Waals surface area contributed by atoms with Crippen molar-refractivity contribution < 1.29 is 9.90 Å². The zero-order valence-electron chi connectivity index (χ0n) is 12.7. The summed E-state index contributed by atoms with van der Waals surface area (Å²) >= 11 is 1.56. The first kappa shape index (κ1) is 15.9. The molecule has 1 amide bonds. The highest BCUT2D eigenvalue weighted by Gasteiger charge is 2.28. The minimum absolute atomic E-state index is 0.0187. The van der Waals surface area contributed by atoms with Crippen molar-refractivity contribution in [3.8, 4) is 0 Å². The van der Waals surface area contributed by atoms with Gasteiger partial charge < -0.3 is 10.0 Å². The molecule has 23 heavy (non-hydrogen) atoms. The van der Waals surface area contributed by atoms with Gasteiger partial charge in [-0.05, 0) is 36.3 Å². The van der Waals surface area contributed by atoms with Crippen molar-refractivity contribution in [2.75, 3.05) is 13.1 Å². The number of hydrogen-bond acceptors (Lipinski definition) is 5. The van der Waals surface area contributed by atoms with Crippen molar-refractivity contribution in [3.05, 3.63) is 51.3 Å². The fraction of sp³-hybridized carbons (Fsp3) is 0.438. The number of likely N-dealkylation sites (tertiary alicyclic amines) is 1. The number of amides is 1. The summed E-state index contributed by atoms with van der Waals surface area (Å²) in [5, 5.41) is 12.3. The van der Waals surface area contributed by atoms with Crippen LogP contribution in [-0.2, 0) is 11.3 Å². The molecule has 0 saturated carbocycles. The Morgan fingerprint density at radius 2 is 2.17 bits per heavy atom. The molecule has 3 rings (SSSR count). The van der Waals surface area contributed by atoms with Crippen LogP contribution in [0.1, 0.15) is 23.8 Å². The number of aliphatic hydroxyl groups is 1. The SMILES string of the molecule is O=C(Cn1cccnc1=O)N1CCC([C@H](O)c2cccs2)CC1. The third kappa shape index (κ3) is 3.68. The molecule has 122 valence electrons. The van der Waals surface area contributed by atoms with E-state index in [4.69, 9.17) is 0 Å². The van der Waals surface area contributed by atoms with Gasteiger partial charge in [0.15, 0.2) is 0 Å². The second-order valence-electron chi connectivity index (χ2n) is 5.71. The van der Waals surface area contributed by atoms with Crippen molar-refractivity contribution in [1.29, 1.82) is 0 Å². The monoisotopic (exact) mass is 333 g/mol. The van der Waals surface area contributed by atoms with E-state index < -0.39 is 11.8 Å². The second kappa shape index (κ2) is 7.06. The third-order valence-electron chi connectivity index (χ3n) is 4.26. The fourth-order valence-corrected chi connectivity index (χ4v) is 3.71. The van der Waals surface area contributed by atoms with Gasteiger partial charge in [0.25, 0.3) is 0 Å². The van der Waals surface area contributed by atoms with E-state index in [0.29, 0.717) is 13.1 Å². The molecule has 0 radical (unpaired) electrons. The Bertz CT molecular complexity index is 705. The van der Waals surface area contributed by atoms with E-state index in [1.54, 1.807) is 28.5 Å². The maximum Gasteiger partial charge on any atom is 0.347 e. The number of thiophene rings is 1. The molecule has 1 aliphatic heterocycles. The number of nitrogens with zero attached hydrogens (tertiary/aromatic N) is 3. The molecule has 0 aliphatic carbocycles. The lowest BCUT2D eigenvalue weighted by atomic mass is 9.90. The van der Waals surface area contributed by atoms with Crippen molar-refractivity contribution in [1.82, 2.24) is 14.5 Å². The van der Waals surface area contributed by atoms with Gasteiger partial charge in [0, 0.05) is 30.4 Å². The predicted molar refractivity (Wildman–Crippen MR) is 87.1 cm³/mol. The highest BCUT2D eigenvalue weighted by atomic mass is 32.1. The molecule has 1 aliphatic rings. The molecule has 3 heterocycles. The molecule has 2 aromatic heterocycles. The van der Waals surface area contributed by atoms with E-state index in [0.717, 1.165) is 17.7 Å². The van der Waals surface area contributed by atoms with Gasteiger partial charge >= 0.3 is 5.69 Å². The van der Waals surface area contributed by atoms with Gasteiger partial charge in [0.1, 0.15) is 6.54 Å². The maximum absolute atomic E-state index is 12.3. The summed E-state index contributed by atoms with van der Waals surface area (Å²) in [6.45, 7) is 1.24. The van der Waals surface area contributed by atoms with Gasteiger partial charge in [0.05, 0.1) is 6.10 Å². The average molecular weight is 333 g/mol. The predicted octanol–water partition coefficient (Wildman–Crippen LogP) is 1.28. The Kier molecular flexibility index (Phi) is 4.88. The van der Waals surface area contributed by atoms with Gasteiger partial charge in [-0.3, -0.25) is 9.36 Å². The van der Waals surface area contributed by atoms with Gasteiger partial charge in [0.2, 0.25) is 5.91 Å². The Morgan fingerprint density at radius 3 is 2.83 bits per heavy atom. The topological polar surface area (TPSA) is 75.4 Å². The van der Waals surface area contributed by atoms with E-state index in [2.05, 4.69) is 4.98 Å². The summed E-state index contributed by atoms with van der Waals surface area (Å²) in [7, 11) is 0. The molecular formula is C16H19N3O3S. The Balaban J connectivity index is 1.55. The molecule has 0 unspecified atom stereocenters. The molecule has 6 nitrogen and oxygen atoms in total. The van der Waals surface area contributed by atoms with Gasteiger partial charge in [-0.25, -0.2) is 9.78 Å². The molecule has 2 aromatic rings. The van der Waals surface area contributed by atoms with Crippen molar-refractivity contribution in [2.45, 2.75) is 25.5 Å². The maximum atomic E-state index is 12.3. The normalized spacial score (nSPS) is 17.2. The van der Waals surface area contributed by atoms with Crippen LogP contribution in [0.2, 0.25) is 0 Å². The second-order valence-corrected chi connectivity index (χ2v) is 6.69. The lowest BCUT2D eigenvalue weighted by Gasteiger charge is -2.34. The number of rotatable bonds is 4. The number of piperidine rings is 1. The molecule has 1 atom stereocenters. The highest BCUT2D eigenvalue weighted by Crippen LogP contribution is 2.32. The number of carbonyl (C=O) groups is 1. The summed E-state index contributed by atoms with van der Waals surface area (Å²) in [6, 6.07) is 5.52. The zero-order valence-corrected chi connectivity index (χ0v) is 13.5. The van der Waals surface area contributed by atoms with Crippen LogP contribution >= 0.6 is 11.3 Å². The summed E-state index contributed by atoms with van der Waals surface area (Å²) in [5.74, 6) is 0.1000. The lowest BCUT2D eigenvalue weighted by Crippen LogP contribution is -2.42. The van der Waals surface area contributed by atoms with Crippen LogP contribution in [0.3, 0.4) is 0 Å². The van der Waals surface area contributed by atoms with E-state index in [9.17, 15) is 14.7 Å². The fourth-order valence-electron chi connectivity index (χ4n) is 2.91. The Labute approximate surface area is 138 Å². The molecule has 0 aromatic carbocycles. The lowest BCUT2D eigenvalue weighted by molar-refractivity contribution is -0.133. The summed E-state index contributed by atoms with van der Waals surface area (Å²) in [4.78, 5) is 30.3. The number of carbonyl (C=O) groups excluding carboxylic acids is 1. The molecule has 1 saturated heterocycles. The minimum Gasteiger partial charge on any atom is -0.387 e. The van der Waals surface area contributed by atoms with E-state index in [1.165, 1.54) is 10.8 Å². The van der Waals surface area contributed by atoms with Gasteiger partial charge in [-0.15, -0.1) is 11.3 Å². The Morgan fingerprint density at radius 1 is 1.39 bits per heavy atom. The standard InChI is InChI=1S/C16H19N3O3S/c20-14(11-19-7-2-6-17-16(19)22)18-8-4-12(5-9-18)15(21)13-3-1-10-23-13/h1-3,6-7,10,12,15,21H,4-5,8-9,11H2/t15-/m0/s1. The largest absolute Gasteiger partial charge is 0.387 e. The summed E-state index contributed by atoms with van der Waals surface area (Å²) in [5.41, 5.74) is -0.413. The molecular weight excluding hydrogens is 314 g/mol. The van der Waals surface area contributed by atoms with Crippen LogP contribution in [0.4, 0.5) is 0 Å². The first-order chi connectivity index (χ1) is 11.1. The molecule has 0 spiro atoms. The van der Waals surface area contributed by atoms with Crippen LogP contribution in [0, 0.1) is 5.92 Å². The van der Waals surface area contributed by atoms with Crippen LogP contribution in [-0.4, -0.2) is 38.6 Å². The molecule has 1 fully saturated rings. The van der Waals surface area contributed by atoms with Crippen molar-refractivity contribution in [3.63, 3.8) is 0 Å². The average Bonchev–Trinajstić information content (AvgIpc) is 3.11. The third-order valence-corrected chi connectivity index (χ3v) is 5.20. The highest BCUT2D eigenvalue weighted by molar-refractivity contribution is 7.10. The van der Waals surface area contributed by atoms with E-state index in [-0.39, 0.29) is 18.4 Å². The quantitative estimate of drug-likeness (QED) is 0.914. The van der Waals surface area contributed by atoms with Crippen LogP contribution < -0.4 is 5.69 Å².